The lowest BCUT2D eigenvalue weighted by Crippen LogP contribution is -2.44. The van der Waals surface area contributed by atoms with E-state index in [4.69, 9.17) is 25.1 Å². The molecule has 48 heavy (non-hydrogen) atoms. The number of nitrogens with zero attached hydrogens (tertiary/aromatic N) is 7. The second-order valence-electron chi connectivity index (χ2n) is 10.9. The van der Waals surface area contributed by atoms with Gasteiger partial charge in [0.05, 0.1) is 29.9 Å². The molecular weight excluding hydrogens is 592 g/mol. The lowest BCUT2D eigenvalue weighted by Gasteiger charge is -2.36. The van der Waals surface area contributed by atoms with E-state index in [0.717, 1.165) is 55.9 Å². The third-order valence-corrected chi connectivity index (χ3v) is 8.02. The van der Waals surface area contributed by atoms with Crippen molar-refractivity contribution in [3.63, 3.8) is 0 Å². The molecule has 232 valence electrons. The van der Waals surface area contributed by atoms with Crippen molar-refractivity contribution in [2.24, 2.45) is 0 Å². The Bertz CT molecular complexity index is 1990. The highest BCUT2D eigenvalue weighted by Gasteiger charge is 2.26. The van der Waals surface area contributed by atoms with Gasteiger partial charge in [-0.05, 0) is 60.2 Å². The van der Waals surface area contributed by atoms with Crippen LogP contribution in [0.25, 0.3) is 25.7 Å². The summed E-state index contributed by atoms with van der Waals surface area (Å²) in [6.07, 6.45) is 12.6. The van der Waals surface area contributed by atoms with E-state index in [-0.39, 0.29) is 17.1 Å². The maximum Gasteiger partial charge on any atom is 0.528 e. The molecule has 1 N–H and O–H groups in total. The Morgan fingerprint density at radius 2 is 1.44 bits per heavy atom. The zero-order chi connectivity index (χ0) is 34.3. The molecule has 1 aliphatic heterocycles. The zero-order valence-corrected chi connectivity index (χ0v) is 26.6. The van der Waals surface area contributed by atoms with Crippen LogP contribution in [0.4, 0.5) is 0 Å². The number of nitrogens with one attached hydrogen (secondary N) is 1. The minimum absolute atomic E-state index is 0.102. The average molecular weight is 625 g/mol. The Hall–Kier alpha value is -6.72. The normalized spacial score (nSPS) is 16.4. The Balaban J connectivity index is 1.74. The van der Waals surface area contributed by atoms with Gasteiger partial charge in [-0.1, -0.05) is 85.0 Å². The second kappa shape index (κ2) is 17.1. The van der Waals surface area contributed by atoms with Crippen molar-refractivity contribution in [3.05, 3.63) is 182 Å². The van der Waals surface area contributed by atoms with Crippen molar-refractivity contribution >= 4 is 17.0 Å². The standard InChI is InChI=1S/C40H32N8/c1-44-36(29-43)37(30-13-7-5-8-14-30)34(27-41)19-11-17-32-21-22-33(39(32)48-25-23-47(4)24-26-48)18-12-20-35(28-42)38(40(45-2)46-3)31-15-9-6-10-16-31/h5-20,41H,21-26H2,4H3/b18-12+,19-11+,32-17+,35-20+,37-36-. The molecule has 0 unspecified atom stereocenters. The van der Waals surface area contributed by atoms with Crippen LogP contribution in [0.5, 0.6) is 0 Å². The average Bonchev–Trinajstić information content (AvgIpc) is 3.53. The molecule has 1 heterocycles. The SMILES string of the molecule is [C-]#[N+]C([N+]#[C-])=C(/C(C#N)=C/C=C/C1=C(N2CCN(C)CC2)C(=C/C=C/C(=C=N)/C(=C(/C#N)[N+]#[C-])c2ccccc2)/CC1)c1ccccc1. The van der Waals surface area contributed by atoms with Crippen molar-refractivity contribution in [2.75, 3.05) is 33.2 Å². The molecule has 0 amide bonds. The Morgan fingerprint density at radius 1 is 0.812 bits per heavy atom. The summed E-state index contributed by atoms with van der Waals surface area (Å²) in [4.78, 5) is 14.9. The van der Waals surface area contributed by atoms with E-state index in [0.29, 0.717) is 27.8 Å². The topological polar surface area (TPSA) is 91.0 Å². The molecule has 0 saturated carbocycles. The maximum absolute atomic E-state index is 10.1. The third-order valence-electron chi connectivity index (χ3n) is 8.02. The summed E-state index contributed by atoms with van der Waals surface area (Å²) in [5.41, 5.74) is 5.81. The summed E-state index contributed by atoms with van der Waals surface area (Å²) >= 11 is 0. The van der Waals surface area contributed by atoms with Gasteiger partial charge >= 0.3 is 5.82 Å². The minimum Gasteiger partial charge on any atom is -0.369 e. The molecule has 2 aromatic carbocycles. The predicted molar refractivity (Wildman–Crippen MR) is 189 cm³/mol. The van der Waals surface area contributed by atoms with E-state index in [9.17, 15) is 10.5 Å². The summed E-state index contributed by atoms with van der Waals surface area (Å²) in [5, 5.41) is 27.7. The fourth-order valence-electron chi connectivity index (χ4n) is 5.67. The van der Waals surface area contributed by atoms with Crippen LogP contribution in [-0.4, -0.2) is 48.9 Å². The Morgan fingerprint density at radius 3 is 1.98 bits per heavy atom. The van der Waals surface area contributed by atoms with Crippen LogP contribution in [0.2, 0.25) is 0 Å². The molecular formula is C40H32N8. The molecule has 1 aliphatic carbocycles. The summed E-state index contributed by atoms with van der Waals surface area (Å²) in [5.74, 6) is 2.28. The molecule has 1 fully saturated rings. The van der Waals surface area contributed by atoms with E-state index in [1.54, 1.807) is 36.4 Å². The van der Waals surface area contributed by atoms with Gasteiger partial charge in [-0.2, -0.15) is 15.0 Å². The Labute approximate surface area is 282 Å². The van der Waals surface area contributed by atoms with E-state index in [2.05, 4.69) is 43.3 Å². The fourth-order valence-corrected chi connectivity index (χ4v) is 5.67. The highest BCUT2D eigenvalue weighted by Crippen LogP contribution is 2.36. The summed E-state index contributed by atoms with van der Waals surface area (Å²) in [7, 11) is 2.11. The lowest BCUT2D eigenvalue weighted by molar-refractivity contribution is 0.188. The number of hydrogen-bond donors (Lipinski definition) is 1. The summed E-state index contributed by atoms with van der Waals surface area (Å²) in [6, 6.07) is 22.3. The van der Waals surface area contributed by atoms with Crippen LogP contribution < -0.4 is 0 Å². The third kappa shape index (κ3) is 8.10. The monoisotopic (exact) mass is 624 g/mol. The van der Waals surface area contributed by atoms with Gasteiger partial charge in [0.15, 0.2) is 0 Å². The van der Waals surface area contributed by atoms with Crippen LogP contribution in [0.15, 0.2) is 137 Å². The largest absolute Gasteiger partial charge is 0.528 e. The molecule has 0 spiro atoms. The van der Waals surface area contributed by atoms with E-state index in [1.165, 1.54) is 0 Å². The van der Waals surface area contributed by atoms with Crippen LogP contribution in [0.1, 0.15) is 24.0 Å². The smallest absolute Gasteiger partial charge is 0.369 e. The second-order valence-corrected chi connectivity index (χ2v) is 10.9. The van der Waals surface area contributed by atoms with Crippen molar-refractivity contribution < 1.29 is 0 Å². The van der Waals surface area contributed by atoms with E-state index in [1.807, 2.05) is 66.8 Å². The highest BCUT2D eigenvalue weighted by atomic mass is 15.3. The van der Waals surface area contributed by atoms with Crippen molar-refractivity contribution in [2.45, 2.75) is 12.8 Å². The Kier molecular flexibility index (Phi) is 12.2. The molecule has 4 rings (SSSR count). The van der Waals surface area contributed by atoms with Gasteiger partial charge in [0.2, 0.25) is 0 Å². The lowest BCUT2D eigenvalue weighted by atomic mass is 9.96. The molecule has 0 aromatic heterocycles. The van der Waals surface area contributed by atoms with Crippen LogP contribution in [0.3, 0.4) is 0 Å². The van der Waals surface area contributed by atoms with E-state index >= 15 is 0 Å². The van der Waals surface area contributed by atoms with E-state index < -0.39 is 0 Å². The maximum atomic E-state index is 10.1. The van der Waals surface area contributed by atoms with Gasteiger partial charge in [-0.25, -0.2) is 10.1 Å². The molecule has 8 nitrogen and oxygen atoms in total. The van der Waals surface area contributed by atoms with Gasteiger partial charge in [0.25, 0.3) is 5.70 Å². The number of likely N-dealkylation sites (N-methyl/N-ethyl adjacent to an activating group) is 1. The number of allylic oxidation sites excluding steroid dienone is 13. The predicted octanol–water partition coefficient (Wildman–Crippen LogP) is 8.01. The molecule has 0 radical (unpaired) electrons. The molecule has 2 aromatic rings. The summed E-state index contributed by atoms with van der Waals surface area (Å²) in [6.45, 7) is 26.1. The fraction of sp³-hybridized carbons (Fsp3) is 0.175. The molecule has 0 bridgehead atoms. The number of nitriles is 2. The first-order chi connectivity index (χ1) is 23.5. The van der Waals surface area contributed by atoms with Gasteiger partial charge in [0, 0.05) is 43.0 Å². The number of rotatable bonds is 9. The van der Waals surface area contributed by atoms with Crippen molar-refractivity contribution in [1.82, 2.24) is 9.80 Å². The molecule has 1 saturated heterocycles. The molecule has 2 aliphatic rings. The minimum atomic E-state index is -0.153. The first-order valence-corrected chi connectivity index (χ1v) is 15.2. The molecule has 0 atom stereocenters. The highest BCUT2D eigenvalue weighted by molar-refractivity contribution is 5.94. The first kappa shape index (κ1) is 34.2. The summed E-state index contributed by atoms with van der Waals surface area (Å²) < 4.78 is 0. The molecule has 8 heteroatoms. The van der Waals surface area contributed by atoms with Crippen molar-refractivity contribution in [1.29, 1.82) is 15.9 Å². The van der Waals surface area contributed by atoms with Crippen molar-refractivity contribution in [3.8, 4) is 12.1 Å². The number of benzene rings is 2. The van der Waals surface area contributed by atoms with Crippen LogP contribution in [0, 0.1) is 47.8 Å². The quantitative estimate of drug-likeness (QED) is 0.132. The van der Waals surface area contributed by atoms with Gasteiger partial charge in [0.1, 0.15) is 13.1 Å². The number of hydrogen-bond acceptors (Lipinski definition) is 5. The van der Waals surface area contributed by atoms with Crippen LogP contribution >= 0.6 is 0 Å². The van der Waals surface area contributed by atoms with Crippen LogP contribution in [-0.2, 0) is 0 Å². The first-order valence-electron chi connectivity index (χ1n) is 15.2. The van der Waals surface area contributed by atoms with Gasteiger partial charge in [-0.15, -0.1) is 0 Å². The van der Waals surface area contributed by atoms with Gasteiger partial charge < -0.3 is 9.80 Å². The zero-order valence-electron chi connectivity index (χ0n) is 26.6. The van der Waals surface area contributed by atoms with Gasteiger partial charge in [-0.3, -0.25) is 5.41 Å². The number of piperazine rings is 1.